The highest BCUT2D eigenvalue weighted by Gasteiger charge is 2.17. The lowest BCUT2D eigenvalue weighted by Gasteiger charge is -2.19. The van der Waals surface area contributed by atoms with Crippen molar-refractivity contribution >= 4 is 17.6 Å². The maximum absolute atomic E-state index is 11.6. The van der Waals surface area contributed by atoms with Crippen LogP contribution in [0.5, 0.6) is 0 Å². The van der Waals surface area contributed by atoms with E-state index < -0.39 is 17.9 Å². The summed E-state index contributed by atoms with van der Waals surface area (Å²) in [7, 11) is 0. The number of hydrogen-bond acceptors (Lipinski definition) is 3. The highest BCUT2D eigenvalue weighted by Crippen LogP contribution is 2.23. The smallest absolute Gasteiger partial charge is 0.305 e. The Kier molecular flexibility index (Phi) is 4.67. The van der Waals surface area contributed by atoms with Gasteiger partial charge in [-0.15, -0.1) is 0 Å². The lowest BCUT2D eigenvalue weighted by Crippen LogP contribution is -2.37. The molecule has 4 N–H and O–H groups in total. The molecule has 5 nitrogen and oxygen atoms in total. The van der Waals surface area contributed by atoms with Crippen LogP contribution in [0.1, 0.15) is 32.8 Å². The second-order valence-corrected chi connectivity index (χ2v) is 5.52. The zero-order valence-corrected chi connectivity index (χ0v) is 11.4. The predicted molar refractivity (Wildman–Crippen MR) is 74.0 cm³/mol. The average molecular weight is 264 g/mol. The molecule has 1 unspecified atom stereocenters. The van der Waals surface area contributed by atoms with Crippen LogP contribution in [0.4, 0.5) is 5.69 Å². The van der Waals surface area contributed by atoms with Gasteiger partial charge in [-0.25, -0.2) is 0 Å². The number of nitrogens with two attached hydrogens (primary N) is 1. The van der Waals surface area contributed by atoms with Crippen molar-refractivity contribution in [1.29, 1.82) is 0 Å². The Morgan fingerprint density at radius 2 is 1.79 bits per heavy atom. The molecule has 1 aromatic carbocycles. The first-order valence-electron chi connectivity index (χ1n) is 6.09. The maximum Gasteiger partial charge on any atom is 0.305 e. The van der Waals surface area contributed by atoms with Crippen LogP contribution in [-0.4, -0.2) is 23.0 Å². The molecule has 0 radical (unpaired) electrons. The summed E-state index contributed by atoms with van der Waals surface area (Å²) in [5.41, 5.74) is 7.28. The number of aliphatic carboxylic acids is 1. The molecule has 19 heavy (non-hydrogen) atoms. The third-order valence-electron chi connectivity index (χ3n) is 2.75. The lowest BCUT2D eigenvalue weighted by molar-refractivity contribution is -0.138. The zero-order valence-electron chi connectivity index (χ0n) is 11.4. The van der Waals surface area contributed by atoms with E-state index in [1.54, 1.807) is 12.1 Å². The highest BCUT2D eigenvalue weighted by atomic mass is 16.4. The monoisotopic (exact) mass is 264 g/mol. The number of anilines is 1. The molecule has 0 spiro atoms. The number of carboxylic acids is 1. The van der Waals surface area contributed by atoms with E-state index in [-0.39, 0.29) is 11.8 Å². The van der Waals surface area contributed by atoms with Crippen LogP contribution in [-0.2, 0) is 15.0 Å². The lowest BCUT2D eigenvalue weighted by atomic mass is 9.87. The summed E-state index contributed by atoms with van der Waals surface area (Å²) in [4.78, 5) is 22.1. The van der Waals surface area contributed by atoms with Gasteiger partial charge in [0.05, 0.1) is 12.5 Å². The summed E-state index contributed by atoms with van der Waals surface area (Å²) in [6, 6.07) is 6.38. The molecule has 0 aliphatic heterocycles. The third-order valence-corrected chi connectivity index (χ3v) is 2.75. The molecular weight excluding hydrogens is 244 g/mol. The van der Waals surface area contributed by atoms with Crippen molar-refractivity contribution in [1.82, 2.24) is 0 Å². The van der Waals surface area contributed by atoms with E-state index in [0.29, 0.717) is 5.69 Å². The molecule has 0 bridgehead atoms. The van der Waals surface area contributed by atoms with E-state index >= 15 is 0 Å². The second-order valence-electron chi connectivity index (χ2n) is 5.52. The van der Waals surface area contributed by atoms with Crippen molar-refractivity contribution in [2.45, 2.75) is 38.6 Å². The summed E-state index contributed by atoms with van der Waals surface area (Å²) < 4.78 is 0. The van der Waals surface area contributed by atoms with Crippen molar-refractivity contribution < 1.29 is 14.7 Å². The van der Waals surface area contributed by atoms with Gasteiger partial charge >= 0.3 is 5.97 Å². The largest absolute Gasteiger partial charge is 0.481 e. The first-order chi connectivity index (χ1) is 8.70. The quantitative estimate of drug-likeness (QED) is 0.772. The van der Waals surface area contributed by atoms with Gasteiger partial charge in [-0.05, 0) is 23.1 Å². The van der Waals surface area contributed by atoms with Gasteiger partial charge in [0.25, 0.3) is 0 Å². The number of rotatable bonds is 4. The first-order valence-corrected chi connectivity index (χ1v) is 6.09. The zero-order chi connectivity index (χ0) is 14.6. The average Bonchev–Trinajstić information content (AvgIpc) is 2.27. The van der Waals surface area contributed by atoms with E-state index in [1.807, 2.05) is 12.1 Å². The van der Waals surface area contributed by atoms with Gasteiger partial charge in [-0.3, -0.25) is 9.59 Å². The van der Waals surface area contributed by atoms with E-state index in [1.165, 1.54) is 0 Å². The number of carboxylic acid groups (broad SMARTS) is 1. The number of hydrogen-bond donors (Lipinski definition) is 3. The molecule has 0 aromatic heterocycles. The fourth-order valence-corrected chi connectivity index (χ4v) is 1.57. The van der Waals surface area contributed by atoms with Crippen molar-refractivity contribution in [3.8, 4) is 0 Å². The summed E-state index contributed by atoms with van der Waals surface area (Å²) in [6.45, 7) is 6.30. The molecule has 1 aromatic rings. The molecular formula is C14H20N2O3. The van der Waals surface area contributed by atoms with Crippen molar-refractivity contribution in [3.63, 3.8) is 0 Å². The number of amides is 1. The molecule has 5 heteroatoms. The molecule has 0 aliphatic rings. The number of benzene rings is 1. The minimum absolute atomic E-state index is 0.0439. The molecule has 1 rings (SSSR count). The van der Waals surface area contributed by atoms with Gasteiger partial charge in [0.1, 0.15) is 0 Å². The van der Waals surface area contributed by atoms with E-state index in [9.17, 15) is 9.59 Å². The topological polar surface area (TPSA) is 92.4 Å². The van der Waals surface area contributed by atoms with Gasteiger partial charge in [0.15, 0.2) is 0 Å². The van der Waals surface area contributed by atoms with Crippen molar-refractivity contribution in [3.05, 3.63) is 29.8 Å². The van der Waals surface area contributed by atoms with Gasteiger partial charge in [-0.1, -0.05) is 32.9 Å². The molecule has 1 atom stereocenters. The van der Waals surface area contributed by atoms with E-state index in [4.69, 9.17) is 10.8 Å². The Balaban J connectivity index is 2.68. The molecule has 104 valence electrons. The minimum Gasteiger partial charge on any atom is -0.481 e. The molecule has 1 amide bonds. The van der Waals surface area contributed by atoms with Crippen LogP contribution < -0.4 is 11.1 Å². The minimum atomic E-state index is -1.09. The number of carbonyl (C=O) groups excluding carboxylic acids is 1. The van der Waals surface area contributed by atoms with Crippen LogP contribution in [0.2, 0.25) is 0 Å². The molecule has 0 fully saturated rings. The molecule has 0 heterocycles. The summed E-state index contributed by atoms with van der Waals surface area (Å²) >= 11 is 0. The van der Waals surface area contributed by atoms with Gasteiger partial charge in [0, 0.05) is 5.69 Å². The van der Waals surface area contributed by atoms with Crippen LogP contribution in [0.3, 0.4) is 0 Å². The number of carbonyl (C=O) groups is 2. The van der Waals surface area contributed by atoms with Crippen molar-refractivity contribution in [2.75, 3.05) is 5.32 Å². The molecule has 0 saturated carbocycles. The third kappa shape index (κ3) is 4.71. The standard InChI is InChI=1S/C14H20N2O3/c1-14(2,3)9-4-6-10(7-5-9)16-13(19)11(15)8-12(17)18/h4-7,11H,8,15H2,1-3H3,(H,16,19)(H,17,18). The highest BCUT2D eigenvalue weighted by molar-refractivity contribution is 5.96. The fourth-order valence-electron chi connectivity index (χ4n) is 1.57. The van der Waals surface area contributed by atoms with Gasteiger partial charge < -0.3 is 16.2 Å². The Bertz CT molecular complexity index is 461. The Morgan fingerprint density at radius 3 is 2.21 bits per heavy atom. The van der Waals surface area contributed by atoms with E-state index in [2.05, 4.69) is 26.1 Å². The normalized spacial score (nSPS) is 12.8. The first kappa shape index (κ1) is 15.2. The van der Waals surface area contributed by atoms with Crippen LogP contribution in [0.25, 0.3) is 0 Å². The van der Waals surface area contributed by atoms with Crippen LogP contribution in [0, 0.1) is 0 Å². The Hall–Kier alpha value is -1.88. The molecule has 0 saturated heterocycles. The Morgan fingerprint density at radius 1 is 1.26 bits per heavy atom. The SMILES string of the molecule is CC(C)(C)c1ccc(NC(=O)C(N)CC(=O)O)cc1. The molecule has 0 aliphatic carbocycles. The fraction of sp³-hybridized carbons (Fsp3) is 0.429. The summed E-state index contributed by atoms with van der Waals surface area (Å²) in [6.07, 6.45) is -0.383. The van der Waals surface area contributed by atoms with Crippen molar-refractivity contribution in [2.24, 2.45) is 5.73 Å². The second kappa shape index (κ2) is 5.84. The van der Waals surface area contributed by atoms with Crippen LogP contribution in [0.15, 0.2) is 24.3 Å². The van der Waals surface area contributed by atoms with Crippen LogP contribution >= 0.6 is 0 Å². The van der Waals surface area contributed by atoms with E-state index in [0.717, 1.165) is 5.56 Å². The number of nitrogens with one attached hydrogen (secondary N) is 1. The van der Waals surface area contributed by atoms with Gasteiger partial charge in [0.2, 0.25) is 5.91 Å². The van der Waals surface area contributed by atoms with Gasteiger partial charge in [-0.2, -0.15) is 0 Å². The predicted octanol–water partition coefficient (Wildman–Crippen LogP) is 1.72. The maximum atomic E-state index is 11.6. The summed E-state index contributed by atoms with van der Waals surface area (Å²) in [5, 5.41) is 11.2. The summed E-state index contributed by atoms with van der Waals surface area (Å²) in [5.74, 6) is -1.59. The Labute approximate surface area is 112 Å².